The van der Waals surface area contributed by atoms with Crippen molar-refractivity contribution in [3.05, 3.63) is 98.6 Å². The normalized spacial score (nSPS) is 23.8. The summed E-state index contributed by atoms with van der Waals surface area (Å²) in [5.74, 6) is -0.163. The quantitative estimate of drug-likeness (QED) is 0.355. The molecule has 5 rings (SSSR count). The summed E-state index contributed by atoms with van der Waals surface area (Å²) in [6, 6.07) is 26.2. The average Bonchev–Trinajstić information content (AvgIpc) is 3.16. The molecule has 5 nitrogen and oxygen atoms in total. The van der Waals surface area contributed by atoms with E-state index in [1.807, 2.05) is 42.5 Å². The molecule has 2 aliphatic heterocycles. The standard InChI is InChI=1S/C27H25ClIN3O2/c28-21-8-6-20(7-9-21)26(19-4-2-1-3-5-19)31-16-14-30(15-17-31)24-18-25(33)32(27(24)34)23-12-10-22(29)11-13-23/h1-13,24,26H,14-18H2/p+2/t24-,26-/m0/s1. The lowest BCUT2D eigenvalue weighted by atomic mass is 9.96. The predicted octanol–water partition coefficient (Wildman–Crippen LogP) is 2.15. The van der Waals surface area contributed by atoms with Crippen molar-refractivity contribution in [1.29, 1.82) is 0 Å². The second-order valence-corrected chi connectivity index (χ2v) is 10.7. The Kier molecular flexibility index (Phi) is 7.01. The molecule has 0 aromatic heterocycles. The smallest absolute Gasteiger partial charge is 0.292 e. The number of halogens is 2. The number of amides is 2. The van der Waals surface area contributed by atoms with E-state index in [2.05, 4.69) is 59.0 Å². The van der Waals surface area contributed by atoms with Crippen molar-refractivity contribution in [2.75, 3.05) is 31.1 Å². The minimum Gasteiger partial charge on any atom is -0.316 e. The molecule has 2 amide bonds. The van der Waals surface area contributed by atoms with Gasteiger partial charge in [0.25, 0.3) is 5.91 Å². The molecule has 0 saturated carbocycles. The van der Waals surface area contributed by atoms with Crippen LogP contribution in [0.4, 0.5) is 5.69 Å². The van der Waals surface area contributed by atoms with Crippen molar-refractivity contribution in [2.45, 2.75) is 18.5 Å². The van der Waals surface area contributed by atoms with E-state index in [-0.39, 0.29) is 30.3 Å². The maximum absolute atomic E-state index is 13.3. The van der Waals surface area contributed by atoms with Gasteiger partial charge in [-0.25, -0.2) is 4.90 Å². The number of piperazine rings is 1. The maximum atomic E-state index is 13.3. The first kappa shape index (κ1) is 23.5. The molecule has 0 bridgehead atoms. The third-order valence-electron chi connectivity index (χ3n) is 7.00. The van der Waals surface area contributed by atoms with Crippen LogP contribution in [0.2, 0.25) is 5.02 Å². The highest BCUT2D eigenvalue weighted by Gasteiger charge is 2.47. The Bertz CT molecular complexity index is 1160. The van der Waals surface area contributed by atoms with Gasteiger partial charge < -0.3 is 9.80 Å². The van der Waals surface area contributed by atoms with Gasteiger partial charge in [-0.15, -0.1) is 0 Å². The Morgan fingerprint density at radius 1 is 0.824 bits per heavy atom. The molecule has 0 unspecified atom stereocenters. The zero-order valence-electron chi connectivity index (χ0n) is 18.7. The van der Waals surface area contributed by atoms with Crippen molar-refractivity contribution in [3.8, 4) is 0 Å². The highest BCUT2D eigenvalue weighted by atomic mass is 127. The van der Waals surface area contributed by atoms with Crippen LogP contribution in [0.3, 0.4) is 0 Å². The molecule has 34 heavy (non-hydrogen) atoms. The summed E-state index contributed by atoms with van der Waals surface area (Å²) in [5.41, 5.74) is 3.19. The number of rotatable bonds is 5. The zero-order valence-corrected chi connectivity index (χ0v) is 21.6. The van der Waals surface area contributed by atoms with E-state index in [1.165, 1.54) is 25.8 Å². The van der Waals surface area contributed by atoms with Gasteiger partial charge in [0.2, 0.25) is 5.91 Å². The highest BCUT2D eigenvalue weighted by Crippen LogP contribution is 2.24. The lowest BCUT2D eigenvalue weighted by molar-refractivity contribution is -1.03. The summed E-state index contributed by atoms with van der Waals surface area (Å²) in [5, 5.41) is 0.738. The van der Waals surface area contributed by atoms with Gasteiger partial charge in [0.15, 0.2) is 6.04 Å². The Morgan fingerprint density at radius 2 is 1.44 bits per heavy atom. The number of nitrogens with zero attached hydrogens (tertiary/aromatic N) is 1. The van der Waals surface area contributed by atoms with E-state index >= 15 is 0 Å². The molecule has 2 atom stereocenters. The molecule has 7 heteroatoms. The van der Waals surface area contributed by atoms with Crippen molar-refractivity contribution in [2.24, 2.45) is 0 Å². The van der Waals surface area contributed by atoms with Crippen LogP contribution in [0, 0.1) is 3.57 Å². The van der Waals surface area contributed by atoms with Crippen LogP contribution in [-0.4, -0.2) is 44.0 Å². The van der Waals surface area contributed by atoms with E-state index in [0.717, 1.165) is 34.8 Å². The van der Waals surface area contributed by atoms with Crippen LogP contribution in [0.15, 0.2) is 78.9 Å². The molecule has 2 fully saturated rings. The SMILES string of the molecule is O=C1C[C@H]([NH+]2CC[NH+]([C@@H](c3ccccc3)c3ccc(Cl)cc3)CC2)C(=O)N1c1ccc(I)cc1. The van der Waals surface area contributed by atoms with E-state index in [4.69, 9.17) is 11.6 Å². The van der Waals surface area contributed by atoms with Crippen molar-refractivity contribution in [1.82, 2.24) is 0 Å². The molecule has 2 N–H and O–H groups in total. The second-order valence-electron chi connectivity index (χ2n) is 9.01. The van der Waals surface area contributed by atoms with Crippen molar-refractivity contribution in [3.63, 3.8) is 0 Å². The molecule has 2 aliphatic rings. The number of carbonyl (C=O) groups excluding carboxylic acids is 2. The van der Waals surface area contributed by atoms with Crippen LogP contribution < -0.4 is 14.7 Å². The molecule has 0 radical (unpaired) electrons. The van der Waals surface area contributed by atoms with Gasteiger partial charge in [-0.2, -0.15) is 0 Å². The van der Waals surface area contributed by atoms with E-state index in [1.54, 1.807) is 0 Å². The predicted molar refractivity (Wildman–Crippen MR) is 141 cm³/mol. The summed E-state index contributed by atoms with van der Waals surface area (Å²) in [6.07, 6.45) is 0.286. The minimum atomic E-state index is -0.293. The molecule has 3 aromatic carbocycles. The number of hydrogen-bond acceptors (Lipinski definition) is 2. The summed E-state index contributed by atoms with van der Waals surface area (Å²) in [7, 11) is 0. The number of carbonyl (C=O) groups is 2. The number of benzene rings is 3. The summed E-state index contributed by atoms with van der Waals surface area (Å²) >= 11 is 8.38. The van der Waals surface area contributed by atoms with E-state index in [9.17, 15) is 9.59 Å². The fraction of sp³-hybridized carbons (Fsp3) is 0.259. The third kappa shape index (κ3) is 4.77. The molecule has 0 spiro atoms. The van der Waals surface area contributed by atoms with Crippen LogP contribution in [0.25, 0.3) is 0 Å². The Hall–Kier alpha value is -2.26. The zero-order chi connectivity index (χ0) is 23.7. The number of imide groups is 1. The molecule has 0 aliphatic carbocycles. The maximum Gasteiger partial charge on any atom is 0.292 e. The van der Waals surface area contributed by atoms with Gasteiger partial charge in [0, 0.05) is 19.7 Å². The Labute approximate surface area is 218 Å². The molecule has 3 aromatic rings. The highest BCUT2D eigenvalue weighted by molar-refractivity contribution is 14.1. The third-order valence-corrected chi connectivity index (χ3v) is 7.97. The lowest BCUT2D eigenvalue weighted by Gasteiger charge is -2.36. The van der Waals surface area contributed by atoms with Gasteiger partial charge in [-0.1, -0.05) is 54.1 Å². The Balaban J connectivity index is 1.31. The number of quaternary nitrogens is 2. The fourth-order valence-electron chi connectivity index (χ4n) is 5.31. The molecule has 2 heterocycles. The van der Waals surface area contributed by atoms with E-state index < -0.39 is 0 Å². The van der Waals surface area contributed by atoms with Gasteiger partial charge in [0.05, 0.1) is 12.1 Å². The van der Waals surface area contributed by atoms with Gasteiger partial charge in [-0.05, 0) is 59.0 Å². The van der Waals surface area contributed by atoms with Gasteiger partial charge in [-0.3, -0.25) is 9.59 Å². The van der Waals surface area contributed by atoms with Crippen LogP contribution >= 0.6 is 34.2 Å². The molecular weight excluding hydrogens is 561 g/mol. The first-order chi connectivity index (χ1) is 16.5. The van der Waals surface area contributed by atoms with Gasteiger partial charge >= 0.3 is 0 Å². The van der Waals surface area contributed by atoms with Crippen LogP contribution in [-0.2, 0) is 9.59 Å². The monoisotopic (exact) mass is 587 g/mol. The Morgan fingerprint density at radius 3 is 2.09 bits per heavy atom. The first-order valence-electron chi connectivity index (χ1n) is 11.6. The molecule has 2 saturated heterocycles. The van der Waals surface area contributed by atoms with Crippen molar-refractivity contribution < 1.29 is 19.4 Å². The fourth-order valence-corrected chi connectivity index (χ4v) is 5.79. The van der Waals surface area contributed by atoms with Crippen LogP contribution in [0.5, 0.6) is 0 Å². The van der Waals surface area contributed by atoms with Crippen molar-refractivity contribution >= 4 is 51.7 Å². The molecule has 174 valence electrons. The van der Waals surface area contributed by atoms with Gasteiger partial charge in [0.1, 0.15) is 32.2 Å². The van der Waals surface area contributed by atoms with Crippen LogP contribution in [0.1, 0.15) is 23.6 Å². The largest absolute Gasteiger partial charge is 0.316 e. The number of nitrogens with one attached hydrogen (secondary N) is 2. The number of anilines is 1. The topological polar surface area (TPSA) is 46.3 Å². The minimum absolute atomic E-state index is 0.0676. The molecular formula is C27H27ClIN3O2+2. The number of hydrogen-bond donors (Lipinski definition) is 2. The first-order valence-corrected chi connectivity index (χ1v) is 13.1. The second kappa shape index (κ2) is 10.2. The summed E-state index contributed by atoms with van der Waals surface area (Å²) in [6.45, 7) is 3.57. The lowest BCUT2D eigenvalue weighted by Crippen LogP contribution is -3.30. The average molecular weight is 588 g/mol. The summed E-state index contributed by atoms with van der Waals surface area (Å²) < 4.78 is 1.08. The van der Waals surface area contributed by atoms with E-state index in [0.29, 0.717) is 5.69 Å². The summed E-state index contributed by atoms with van der Waals surface area (Å²) in [4.78, 5) is 30.1.